The Morgan fingerprint density at radius 1 is 0.929 bits per heavy atom. The topological polar surface area (TPSA) is 117 Å². The summed E-state index contributed by atoms with van der Waals surface area (Å²) in [5.41, 5.74) is 4.14. The van der Waals surface area contributed by atoms with Crippen molar-refractivity contribution in [2.45, 2.75) is 38.0 Å². The molecule has 0 aromatic heterocycles. The van der Waals surface area contributed by atoms with Crippen molar-refractivity contribution in [1.29, 1.82) is 0 Å². The van der Waals surface area contributed by atoms with Gasteiger partial charge < -0.3 is 25.0 Å². The number of aryl methyl sites for hydroxylation is 1. The van der Waals surface area contributed by atoms with E-state index in [9.17, 15) is 19.8 Å². The number of benzene rings is 4. The molecule has 1 aliphatic carbocycles. The SMILES string of the molecule is O=C(Nc1cc(Oc2ccc3c(c2)C[C@@H](NC[C@@H](O)c2cccc(Cl)c2)CC3)cc(C(=O)O)c1)OCc1ccccc1. The van der Waals surface area contributed by atoms with Crippen LogP contribution in [0.1, 0.15) is 45.1 Å². The minimum atomic E-state index is -1.15. The fourth-order valence-corrected chi connectivity index (χ4v) is 5.15. The lowest BCUT2D eigenvalue weighted by Crippen LogP contribution is -2.37. The molecule has 42 heavy (non-hydrogen) atoms. The average Bonchev–Trinajstić information content (AvgIpc) is 2.99. The van der Waals surface area contributed by atoms with Crippen molar-refractivity contribution in [3.63, 3.8) is 0 Å². The molecular weight excluding hydrogens is 556 g/mol. The number of halogens is 1. The number of carboxylic acid groups (broad SMARTS) is 1. The molecule has 4 aromatic rings. The van der Waals surface area contributed by atoms with Crippen LogP contribution in [0.3, 0.4) is 0 Å². The third kappa shape index (κ3) is 7.88. The Kier molecular flexibility index (Phi) is 9.38. The van der Waals surface area contributed by atoms with Crippen molar-refractivity contribution in [3.8, 4) is 11.5 Å². The summed E-state index contributed by atoms with van der Waals surface area (Å²) in [5, 5.41) is 26.8. The fourth-order valence-electron chi connectivity index (χ4n) is 4.95. The summed E-state index contributed by atoms with van der Waals surface area (Å²) < 4.78 is 11.3. The number of aliphatic hydroxyl groups is 1. The predicted molar refractivity (Wildman–Crippen MR) is 160 cm³/mol. The highest BCUT2D eigenvalue weighted by Gasteiger charge is 2.21. The number of carbonyl (C=O) groups is 2. The molecule has 0 heterocycles. The summed E-state index contributed by atoms with van der Waals surface area (Å²) in [7, 11) is 0. The van der Waals surface area contributed by atoms with E-state index in [1.807, 2.05) is 60.7 Å². The van der Waals surface area contributed by atoms with E-state index in [0.29, 0.717) is 17.3 Å². The van der Waals surface area contributed by atoms with Gasteiger partial charge in [-0.25, -0.2) is 9.59 Å². The number of fused-ring (bicyclic) bond motifs is 1. The second kappa shape index (κ2) is 13.5. The molecule has 0 unspecified atom stereocenters. The van der Waals surface area contributed by atoms with Crippen LogP contribution in [0.15, 0.2) is 91.0 Å². The van der Waals surface area contributed by atoms with Crippen LogP contribution in [0.5, 0.6) is 11.5 Å². The van der Waals surface area contributed by atoms with Gasteiger partial charge in [-0.05, 0) is 77.9 Å². The maximum atomic E-state index is 12.4. The van der Waals surface area contributed by atoms with Gasteiger partial charge in [0, 0.05) is 29.4 Å². The molecule has 0 saturated carbocycles. The quantitative estimate of drug-likeness (QED) is 0.162. The minimum absolute atomic E-state index is 0.0358. The standard InChI is InChI=1S/C33H31ClN2O6/c34-26-8-4-7-23(13-26)31(37)19-35-27-11-9-22-10-12-29(16-24(22)14-27)42-30-17-25(32(38)39)15-28(18-30)36-33(40)41-20-21-5-2-1-3-6-21/h1-8,10,12-13,15-18,27,31,35,37H,9,11,14,19-20H2,(H,36,40)(H,38,39)/t27-,31+/m0/s1. The van der Waals surface area contributed by atoms with E-state index in [1.165, 1.54) is 17.7 Å². The zero-order valence-electron chi connectivity index (χ0n) is 22.8. The minimum Gasteiger partial charge on any atom is -0.478 e. The zero-order valence-corrected chi connectivity index (χ0v) is 23.5. The van der Waals surface area contributed by atoms with Crippen LogP contribution in [0.25, 0.3) is 0 Å². The Hall–Kier alpha value is -4.37. The molecule has 216 valence electrons. The molecule has 1 amide bonds. The van der Waals surface area contributed by atoms with E-state index in [2.05, 4.69) is 10.6 Å². The van der Waals surface area contributed by atoms with Gasteiger partial charge in [0.2, 0.25) is 0 Å². The molecule has 0 spiro atoms. The van der Waals surface area contributed by atoms with Crippen LogP contribution in [-0.2, 0) is 24.2 Å². The number of hydrogen-bond acceptors (Lipinski definition) is 6. The van der Waals surface area contributed by atoms with Crippen molar-refractivity contribution >= 4 is 29.4 Å². The van der Waals surface area contributed by atoms with Gasteiger partial charge in [-0.1, -0.05) is 60.1 Å². The lowest BCUT2D eigenvalue weighted by molar-refractivity contribution is 0.0696. The van der Waals surface area contributed by atoms with Crippen molar-refractivity contribution in [2.24, 2.45) is 0 Å². The summed E-state index contributed by atoms with van der Waals surface area (Å²) in [4.78, 5) is 24.1. The van der Waals surface area contributed by atoms with Crippen LogP contribution in [0.2, 0.25) is 5.02 Å². The third-order valence-electron chi connectivity index (χ3n) is 7.09. The number of amides is 1. The van der Waals surface area contributed by atoms with E-state index in [0.717, 1.165) is 36.0 Å². The van der Waals surface area contributed by atoms with Crippen LogP contribution in [0, 0.1) is 0 Å². The van der Waals surface area contributed by atoms with Crippen molar-refractivity contribution in [1.82, 2.24) is 5.32 Å². The van der Waals surface area contributed by atoms with Crippen LogP contribution in [0.4, 0.5) is 10.5 Å². The Bertz CT molecular complexity index is 1560. The molecule has 0 aliphatic heterocycles. The van der Waals surface area contributed by atoms with Gasteiger partial charge in [-0.15, -0.1) is 0 Å². The number of anilines is 1. The number of aliphatic hydroxyl groups excluding tert-OH is 1. The number of aromatic carboxylic acids is 1. The normalized spacial score (nSPS) is 14.9. The van der Waals surface area contributed by atoms with Gasteiger partial charge in [-0.3, -0.25) is 5.32 Å². The summed E-state index contributed by atoms with van der Waals surface area (Å²) in [5.74, 6) is -0.336. The maximum Gasteiger partial charge on any atom is 0.411 e. The van der Waals surface area contributed by atoms with Crippen molar-refractivity contribution in [2.75, 3.05) is 11.9 Å². The number of hydrogen-bond donors (Lipinski definition) is 4. The molecule has 2 atom stereocenters. The highest BCUT2D eigenvalue weighted by atomic mass is 35.5. The van der Waals surface area contributed by atoms with Gasteiger partial charge in [0.05, 0.1) is 11.7 Å². The lowest BCUT2D eigenvalue weighted by Gasteiger charge is -2.27. The van der Waals surface area contributed by atoms with Gasteiger partial charge in [-0.2, -0.15) is 0 Å². The number of carboxylic acids is 1. The molecular formula is C33H31ClN2O6. The largest absolute Gasteiger partial charge is 0.478 e. The first kappa shape index (κ1) is 29.1. The number of carbonyl (C=O) groups excluding carboxylic acids is 1. The molecule has 4 aromatic carbocycles. The number of nitrogens with one attached hydrogen (secondary N) is 2. The molecule has 4 N–H and O–H groups in total. The Morgan fingerprint density at radius 3 is 2.55 bits per heavy atom. The fraction of sp³-hybridized carbons (Fsp3) is 0.212. The van der Waals surface area contributed by atoms with E-state index in [1.54, 1.807) is 18.2 Å². The second-order valence-electron chi connectivity index (χ2n) is 10.2. The van der Waals surface area contributed by atoms with E-state index in [-0.39, 0.29) is 29.6 Å². The summed E-state index contributed by atoms with van der Waals surface area (Å²) in [6.07, 6.45) is 1.20. The van der Waals surface area contributed by atoms with Crippen LogP contribution >= 0.6 is 11.6 Å². The van der Waals surface area contributed by atoms with E-state index in [4.69, 9.17) is 21.1 Å². The first-order valence-electron chi connectivity index (χ1n) is 13.6. The first-order valence-corrected chi connectivity index (χ1v) is 14.0. The maximum absolute atomic E-state index is 12.4. The van der Waals surface area contributed by atoms with E-state index >= 15 is 0 Å². The highest BCUT2D eigenvalue weighted by molar-refractivity contribution is 6.30. The Morgan fingerprint density at radius 2 is 1.76 bits per heavy atom. The molecule has 0 bridgehead atoms. The average molecular weight is 587 g/mol. The van der Waals surface area contributed by atoms with Gasteiger partial charge in [0.1, 0.15) is 18.1 Å². The van der Waals surface area contributed by atoms with Crippen LogP contribution < -0.4 is 15.4 Å². The van der Waals surface area contributed by atoms with Crippen LogP contribution in [-0.4, -0.2) is 34.9 Å². The molecule has 5 rings (SSSR count). The smallest absolute Gasteiger partial charge is 0.411 e. The number of ether oxygens (including phenoxy) is 2. The first-order chi connectivity index (χ1) is 20.3. The summed E-state index contributed by atoms with van der Waals surface area (Å²) in [6.45, 7) is 0.487. The third-order valence-corrected chi connectivity index (χ3v) is 7.32. The number of rotatable bonds is 10. The predicted octanol–water partition coefficient (Wildman–Crippen LogP) is 6.76. The lowest BCUT2D eigenvalue weighted by atomic mass is 9.88. The van der Waals surface area contributed by atoms with Gasteiger partial charge in [0.25, 0.3) is 0 Å². The van der Waals surface area contributed by atoms with Gasteiger partial charge in [0.15, 0.2) is 0 Å². The molecule has 8 nitrogen and oxygen atoms in total. The van der Waals surface area contributed by atoms with Crippen molar-refractivity contribution in [3.05, 3.63) is 124 Å². The van der Waals surface area contributed by atoms with E-state index < -0.39 is 18.2 Å². The zero-order chi connectivity index (χ0) is 29.5. The summed E-state index contributed by atoms with van der Waals surface area (Å²) in [6, 6.07) is 26.8. The second-order valence-corrected chi connectivity index (χ2v) is 10.6. The molecule has 0 saturated heterocycles. The molecule has 0 fully saturated rings. The van der Waals surface area contributed by atoms with Crippen molar-refractivity contribution < 1.29 is 29.3 Å². The molecule has 0 radical (unpaired) electrons. The summed E-state index contributed by atoms with van der Waals surface area (Å²) >= 11 is 6.06. The monoisotopic (exact) mass is 586 g/mol. The molecule has 9 heteroatoms. The highest BCUT2D eigenvalue weighted by Crippen LogP contribution is 2.31. The Balaban J connectivity index is 1.22. The van der Waals surface area contributed by atoms with Gasteiger partial charge >= 0.3 is 12.1 Å². The molecule has 1 aliphatic rings. The Labute approximate surface area is 248 Å².